The molecule has 4 heteroatoms. The van der Waals surface area contributed by atoms with Gasteiger partial charge in [0.15, 0.2) is 0 Å². The van der Waals surface area contributed by atoms with Gasteiger partial charge in [-0.2, -0.15) is 0 Å². The van der Waals surface area contributed by atoms with Crippen LogP contribution < -0.4 is 5.32 Å². The molecule has 0 aromatic rings. The lowest BCUT2D eigenvalue weighted by Crippen LogP contribution is -2.16. The summed E-state index contributed by atoms with van der Waals surface area (Å²) in [6.45, 7) is 4.47. The highest BCUT2D eigenvalue weighted by molar-refractivity contribution is 5.85. The van der Waals surface area contributed by atoms with Crippen LogP contribution in [0.3, 0.4) is 0 Å². The highest BCUT2D eigenvalue weighted by Gasteiger charge is 2.15. The Morgan fingerprint density at radius 1 is 1.67 bits per heavy atom. The molecule has 1 heterocycles. The fourth-order valence-corrected chi connectivity index (χ4v) is 1.17. The number of carbonyl (C=O) groups excluding carboxylic acids is 1. The average Bonchev–Trinajstić information content (AvgIpc) is 2.52. The fourth-order valence-electron chi connectivity index (χ4n) is 1.17. The summed E-state index contributed by atoms with van der Waals surface area (Å²) in [5.74, 6) is 0.461. The molecule has 0 radical (unpaired) electrons. The third-order valence-electron chi connectivity index (χ3n) is 1.93. The zero-order valence-electron chi connectivity index (χ0n) is 7.34. The molecule has 0 aromatic carbocycles. The summed E-state index contributed by atoms with van der Waals surface area (Å²) in [6.07, 6.45) is 1.62. The van der Waals surface area contributed by atoms with Crippen LogP contribution in [0.5, 0.6) is 0 Å². The molecule has 0 spiro atoms. The molecule has 1 saturated heterocycles. The normalized spacial score (nSPS) is 21.6. The number of carbonyl (C=O) groups is 1. The van der Waals surface area contributed by atoms with Gasteiger partial charge in [-0.15, -0.1) is 12.4 Å². The lowest BCUT2D eigenvalue weighted by atomic mass is 10.1. The van der Waals surface area contributed by atoms with E-state index in [0.29, 0.717) is 18.9 Å². The minimum absolute atomic E-state index is 0. The summed E-state index contributed by atoms with van der Waals surface area (Å²) in [6, 6.07) is 0. The molecule has 1 atom stereocenters. The van der Waals surface area contributed by atoms with Crippen molar-refractivity contribution in [1.29, 1.82) is 0 Å². The van der Waals surface area contributed by atoms with E-state index in [0.717, 1.165) is 19.5 Å². The number of hydrogen-bond acceptors (Lipinski definition) is 3. The van der Waals surface area contributed by atoms with Gasteiger partial charge in [0.25, 0.3) is 0 Å². The predicted molar refractivity (Wildman–Crippen MR) is 49.5 cm³/mol. The maximum atomic E-state index is 10.7. The summed E-state index contributed by atoms with van der Waals surface area (Å²) in [7, 11) is 0. The van der Waals surface area contributed by atoms with Crippen molar-refractivity contribution in [2.45, 2.75) is 19.8 Å². The molecule has 1 aliphatic heterocycles. The monoisotopic (exact) mass is 193 g/mol. The Morgan fingerprint density at radius 3 is 2.92 bits per heavy atom. The van der Waals surface area contributed by atoms with Gasteiger partial charge >= 0.3 is 5.97 Å². The number of ether oxygens (including phenoxy) is 1. The van der Waals surface area contributed by atoms with E-state index >= 15 is 0 Å². The minimum atomic E-state index is -0.0862. The van der Waals surface area contributed by atoms with Crippen molar-refractivity contribution < 1.29 is 9.53 Å². The lowest BCUT2D eigenvalue weighted by molar-refractivity contribution is -0.144. The number of rotatable bonds is 3. The third kappa shape index (κ3) is 3.93. The number of hydrogen-bond donors (Lipinski definition) is 1. The van der Waals surface area contributed by atoms with Crippen molar-refractivity contribution in [2.75, 3.05) is 19.7 Å². The van der Waals surface area contributed by atoms with Crippen LogP contribution in [0.2, 0.25) is 0 Å². The molecule has 0 aromatic heterocycles. The second-order valence-electron chi connectivity index (χ2n) is 2.90. The van der Waals surface area contributed by atoms with Gasteiger partial charge in [-0.1, -0.05) is 6.92 Å². The van der Waals surface area contributed by atoms with Gasteiger partial charge in [0.1, 0.15) is 0 Å². The molecular weight excluding hydrogens is 178 g/mol. The summed E-state index contributed by atoms with van der Waals surface area (Å²) in [5.41, 5.74) is 0. The van der Waals surface area contributed by atoms with Crippen molar-refractivity contribution >= 4 is 18.4 Å². The second kappa shape index (κ2) is 6.26. The van der Waals surface area contributed by atoms with Crippen molar-refractivity contribution in [3.05, 3.63) is 0 Å². The smallest absolute Gasteiger partial charge is 0.305 e. The molecule has 1 fully saturated rings. The largest absolute Gasteiger partial charge is 0.465 e. The van der Waals surface area contributed by atoms with Gasteiger partial charge < -0.3 is 10.1 Å². The molecule has 1 aliphatic rings. The van der Waals surface area contributed by atoms with E-state index in [4.69, 9.17) is 4.74 Å². The molecule has 3 nitrogen and oxygen atoms in total. The van der Waals surface area contributed by atoms with E-state index in [9.17, 15) is 4.79 Å². The molecule has 72 valence electrons. The second-order valence-corrected chi connectivity index (χ2v) is 2.90. The van der Waals surface area contributed by atoms with Crippen molar-refractivity contribution in [3.8, 4) is 0 Å². The first kappa shape index (κ1) is 11.7. The molecule has 1 N–H and O–H groups in total. The van der Waals surface area contributed by atoms with Crippen molar-refractivity contribution in [3.63, 3.8) is 0 Å². The van der Waals surface area contributed by atoms with Crippen molar-refractivity contribution in [1.82, 2.24) is 5.32 Å². The first-order valence-electron chi connectivity index (χ1n) is 4.19. The lowest BCUT2D eigenvalue weighted by Gasteiger charge is -2.07. The number of nitrogens with one attached hydrogen (secondary N) is 1. The van der Waals surface area contributed by atoms with Gasteiger partial charge in [-0.25, -0.2) is 0 Å². The molecule has 1 unspecified atom stereocenters. The first-order valence-corrected chi connectivity index (χ1v) is 4.19. The Bertz CT molecular complexity index is 135. The summed E-state index contributed by atoms with van der Waals surface area (Å²) in [4.78, 5) is 10.7. The highest BCUT2D eigenvalue weighted by atomic mass is 35.5. The Hall–Kier alpha value is -0.280. The molecule has 0 aliphatic carbocycles. The Morgan fingerprint density at radius 2 is 2.42 bits per heavy atom. The molecule has 12 heavy (non-hydrogen) atoms. The van der Waals surface area contributed by atoms with Crippen LogP contribution in [0.25, 0.3) is 0 Å². The van der Waals surface area contributed by atoms with Crippen LogP contribution in [-0.2, 0) is 9.53 Å². The van der Waals surface area contributed by atoms with Gasteiger partial charge in [0.2, 0.25) is 0 Å². The predicted octanol–water partition coefficient (Wildman–Crippen LogP) is 0.971. The van der Waals surface area contributed by atoms with E-state index in [1.807, 2.05) is 6.92 Å². The first-order chi connectivity index (χ1) is 5.33. The molecular formula is C8H16ClNO2. The van der Waals surface area contributed by atoms with Gasteiger partial charge in [0.05, 0.1) is 6.61 Å². The molecule has 0 amide bonds. The zero-order valence-corrected chi connectivity index (χ0v) is 8.15. The zero-order chi connectivity index (χ0) is 8.10. The Balaban J connectivity index is 0.00000121. The summed E-state index contributed by atoms with van der Waals surface area (Å²) < 4.78 is 5.00. The topological polar surface area (TPSA) is 38.3 Å². The van der Waals surface area contributed by atoms with E-state index in [2.05, 4.69) is 5.32 Å². The maximum Gasteiger partial charge on any atom is 0.305 e. The van der Waals surface area contributed by atoms with Crippen LogP contribution >= 0.6 is 12.4 Å². The molecule has 0 saturated carbocycles. The standard InChI is InChI=1S/C8H15NO2.ClH/c1-2-8(10)11-6-7-3-4-9-5-7;/h7,9H,2-6H2,1H3;1H. The van der Waals surface area contributed by atoms with E-state index < -0.39 is 0 Å². The van der Waals surface area contributed by atoms with Gasteiger partial charge in [0, 0.05) is 18.9 Å². The Labute approximate surface area is 79.3 Å². The SMILES string of the molecule is CCC(=O)OCC1CCNC1.Cl. The van der Waals surface area contributed by atoms with Crippen LogP contribution in [0, 0.1) is 5.92 Å². The summed E-state index contributed by atoms with van der Waals surface area (Å²) in [5, 5.41) is 3.22. The van der Waals surface area contributed by atoms with Gasteiger partial charge in [-0.05, 0) is 13.0 Å². The summed E-state index contributed by atoms with van der Waals surface area (Å²) >= 11 is 0. The quantitative estimate of drug-likeness (QED) is 0.679. The average molecular weight is 194 g/mol. The van der Waals surface area contributed by atoms with Gasteiger partial charge in [-0.3, -0.25) is 4.79 Å². The highest BCUT2D eigenvalue weighted by Crippen LogP contribution is 2.07. The van der Waals surface area contributed by atoms with E-state index in [1.54, 1.807) is 0 Å². The minimum Gasteiger partial charge on any atom is -0.465 e. The fraction of sp³-hybridized carbons (Fsp3) is 0.875. The van der Waals surface area contributed by atoms with E-state index in [-0.39, 0.29) is 18.4 Å². The molecule has 1 rings (SSSR count). The van der Waals surface area contributed by atoms with E-state index in [1.165, 1.54) is 0 Å². The Kier molecular flexibility index (Phi) is 6.11. The van der Waals surface area contributed by atoms with Crippen LogP contribution in [0.1, 0.15) is 19.8 Å². The van der Waals surface area contributed by atoms with Crippen LogP contribution in [-0.4, -0.2) is 25.7 Å². The molecule has 0 bridgehead atoms. The van der Waals surface area contributed by atoms with Crippen molar-refractivity contribution in [2.24, 2.45) is 5.92 Å². The number of halogens is 1. The van der Waals surface area contributed by atoms with Crippen LogP contribution in [0.15, 0.2) is 0 Å². The number of esters is 1. The third-order valence-corrected chi connectivity index (χ3v) is 1.93. The maximum absolute atomic E-state index is 10.7. The van der Waals surface area contributed by atoms with Crippen LogP contribution in [0.4, 0.5) is 0 Å².